The maximum atomic E-state index is 13.3. The van der Waals surface area contributed by atoms with Crippen LogP contribution >= 0.6 is 11.6 Å². The van der Waals surface area contributed by atoms with Gasteiger partial charge in [-0.25, -0.2) is 13.5 Å². The number of benzene rings is 1. The molecule has 0 saturated carbocycles. The molecule has 12 heteroatoms. The van der Waals surface area contributed by atoms with E-state index in [0.29, 0.717) is 11.1 Å². The van der Waals surface area contributed by atoms with Crippen molar-refractivity contribution in [1.29, 1.82) is 0 Å². The lowest BCUT2D eigenvalue weighted by Crippen LogP contribution is -2.24. The number of hydrogen-bond acceptors (Lipinski definition) is 6. The quantitative estimate of drug-likeness (QED) is 0.197. The monoisotopic (exact) mass is 565 g/mol. The summed E-state index contributed by atoms with van der Waals surface area (Å²) in [4.78, 5) is 30.6. The summed E-state index contributed by atoms with van der Waals surface area (Å²) in [6, 6.07) is 4.39. The van der Waals surface area contributed by atoms with Crippen LogP contribution in [-0.4, -0.2) is 55.0 Å². The normalized spacial score (nSPS) is 11.4. The molecule has 0 radical (unpaired) electrons. The van der Waals surface area contributed by atoms with Gasteiger partial charge < -0.3 is 20.2 Å². The van der Waals surface area contributed by atoms with Crippen molar-refractivity contribution >= 4 is 41.0 Å². The summed E-state index contributed by atoms with van der Waals surface area (Å²) in [7, 11) is 2.83. The lowest BCUT2D eigenvalue weighted by atomic mass is 10.0. The predicted octanol–water partition coefficient (Wildman–Crippen LogP) is 6.01. The average molecular weight is 566 g/mol. The van der Waals surface area contributed by atoms with Crippen LogP contribution in [0.15, 0.2) is 53.2 Å². The fourth-order valence-electron chi connectivity index (χ4n) is 2.98. The Kier molecular flexibility index (Phi) is 14.2. The summed E-state index contributed by atoms with van der Waals surface area (Å²) < 4.78 is 31.4. The van der Waals surface area contributed by atoms with Crippen LogP contribution in [-0.2, 0) is 4.84 Å². The summed E-state index contributed by atoms with van der Waals surface area (Å²) in [5, 5.41) is 13.1. The van der Waals surface area contributed by atoms with Crippen molar-refractivity contribution in [3.8, 4) is 5.88 Å². The number of carbonyl (C=O) groups is 2. The lowest BCUT2D eigenvalue weighted by molar-refractivity contribution is 0.0794. The minimum Gasteiger partial charge on any atom is -0.471 e. The fraction of sp³-hybridized carbons (Fsp3) is 0.333. The highest BCUT2D eigenvalue weighted by Crippen LogP contribution is 2.27. The van der Waals surface area contributed by atoms with Crippen LogP contribution in [0.25, 0.3) is 5.70 Å². The molecule has 0 saturated heterocycles. The minimum absolute atomic E-state index is 0.0983. The summed E-state index contributed by atoms with van der Waals surface area (Å²) >= 11 is 6.27. The Morgan fingerprint density at radius 3 is 2.49 bits per heavy atom. The second-order valence-electron chi connectivity index (χ2n) is 7.89. The maximum Gasteiger partial charge on any atom is 0.274 e. The summed E-state index contributed by atoms with van der Waals surface area (Å²) in [5.41, 5.74) is 1.48. The van der Waals surface area contributed by atoms with Gasteiger partial charge in [-0.05, 0) is 43.2 Å². The zero-order valence-electron chi connectivity index (χ0n) is 22.8. The Morgan fingerprint density at radius 1 is 1.26 bits per heavy atom. The summed E-state index contributed by atoms with van der Waals surface area (Å²) in [6.45, 7) is 10.6. The van der Waals surface area contributed by atoms with E-state index in [1.807, 2.05) is 0 Å². The van der Waals surface area contributed by atoms with Gasteiger partial charge in [0.1, 0.15) is 12.8 Å². The van der Waals surface area contributed by atoms with Gasteiger partial charge in [0, 0.05) is 13.1 Å². The number of nitrogens with zero attached hydrogens (tertiary/aromatic N) is 3. The molecule has 39 heavy (non-hydrogen) atoms. The van der Waals surface area contributed by atoms with Crippen LogP contribution in [0, 0.1) is 6.92 Å². The lowest BCUT2D eigenvalue weighted by Gasteiger charge is -2.15. The van der Waals surface area contributed by atoms with E-state index in [1.165, 1.54) is 45.0 Å². The van der Waals surface area contributed by atoms with E-state index in [4.69, 9.17) is 16.3 Å². The third-order valence-electron chi connectivity index (χ3n) is 4.62. The Labute approximate surface area is 232 Å². The maximum absolute atomic E-state index is 13.3. The highest BCUT2D eigenvalue weighted by Gasteiger charge is 2.23. The number of oxime groups is 1. The van der Waals surface area contributed by atoms with Crippen LogP contribution in [0.4, 0.5) is 14.5 Å². The van der Waals surface area contributed by atoms with Crippen LogP contribution in [0.1, 0.15) is 59.2 Å². The van der Waals surface area contributed by atoms with Gasteiger partial charge >= 0.3 is 0 Å². The Hall–Kier alpha value is -3.99. The van der Waals surface area contributed by atoms with Gasteiger partial charge in [0.25, 0.3) is 18.2 Å². The number of anilines is 1. The molecule has 2 amide bonds. The number of carbonyl (C=O) groups excluding carboxylic acids is 2. The molecule has 1 aromatic heterocycles. The molecule has 0 aliphatic heterocycles. The van der Waals surface area contributed by atoms with E-state index in [9.17, 15) is 18.4 Å². The molecular weight excluding hydrogens is 532 g/mol. The smallest absolute Gasteiger partial charge is 0.274 e. The number of hydrogen-bond donors (Lipinski definition) is 2. The average Bonchev–Trinajstić information content (AvgIpc) is 3.34. The van der Waals surface area contributed by atoms with Crippen molar-refractivity contribution in [3.63, 3.8) is 0 Å². The summed E-state index contributed by atoms with van der Waals surface area (Å²) in [5.74, 6) is -1.40. The molecule has 0 aliphatic rings. The van der Waals surface area contributed by atoms with Crippen molar-refractivity contribution in [1.82, 2.24) is 15.1 Å². The molecule has 0 spiro atoms. The van der Waals surface area contributed by atoms with Crippen LogP contribution < -0.4 is 15.4 Å². The molecular formula is C27H34ClF2N5O4. The third kappa shape index (κ3) is 10.0. The number of ether oxygens (including phenoxy) is 1. The zero-order chi connectivity index (χ0) is 29.5. The topological polar surface area (TPSA) is 107 Å². The SMILES string of the molecule is C=C(/C(Cl)=C\C=C/C)n1nc(OCC(F)F)cc1C(=O)Nc1c(C)cc(/C=N/OC)cc1C(=O)NC.CCC. The van der Waals surface area contributed by atoms with Gasteiger partial charge in [-0.3, -0.25) is 9.59 Å². The number of aromatic nitrogens is 2. The van der Waals surface area contributed by atoms with Crippen molar-refractivity contribution in [2.75, 3.05) is 26.1 Å². The van der Waals surface area contributed by atoms with Gasteiger partial charge in [0.2, 0.25) is 5.88 Å². The van der Waals surface area contributed by atoms with E-state index in [0.717, 1.165) is 4.68 Å². The molecule has 0 unspecified atom stereocenters. The molecule has 2 N–H and O–H groups in total. The van der Waals surface area contributed by atoms with Crippen LogP contribution in [0.5, 0.6) is 5.88 Å². The highest BCUT2D eigenvalue weighted by atomic mass is 35.5. The number of nitrogens with one attached hydrogen (secondary N) is 2. The van der Waals surface area contributed by atoms with Crippen molar-refractivity contribution in [3.05, 3.63) is 70.4 Å². The molecule has 1 heterocycles. The molecule has 0 bridgehead atoms. The van der Waals surface area contributed by atoms with Gasteiger partial charge in [-0.2, -0.15) is 0 Å². The van der Waals surface area contributed by atoms with Gasteiger partial charge in [0.15, 0.2) is 6.61 Å². The highest BCUT2D eigenvalue weighted by molar-refractivity contribution is 6.35. The Morgan fingerprint density at radius 2 is 1.92 bits per heavy atom. The number of halogens is 3. The molecule has 9 nitrogen and oxygen atoms in total. The molecule has 212 valence electrons. The number of alkyl halides is 2. The fourth-order valence-corrected chi connectivity index (χ4v) is 3.14. The second kappa shape index (κ2) is 16.8. The largest absolute Gasteiger partial charge is 0.471 e. The van der Waals surface area contributed by atoms with E-state index >= 15 is 0 Å². The number of allylic oxidation sites excluding steroid dienone is 5. The van der Waals surface area contributed by atoms with Crippen molar-refractivity contribution in [2.24, 2.45) is 5.16 Å². The minimum atomic E-state index is -2.74. The molecule has 0 fully saturated rings. The Balaban J connectivity index is 0.00000242. The molecule has 0 atom stereocenters. The van der Waals surface area contributed by atoms with E-state index in [2.05, 4.69) is 46.2 Å². The first kappa shape index (κ1) is 33.0. The van der Waals surface area contributed by atoms with Crippen molar-refractivity contribution < 1.29 is 27.9 Å². The second-order valence-corrected chi connectivity index (χ2v) is 8.29. The van der Waals surface area contributed by atoms with Crippen LogP contribution in [0.3, 0.4) is 0 Å². The standard InChI is InChI=1S/C24H26ClF2N5O4.C3H8/c1-6-7-8-18(25)15(3)32-19(11-21(31-32)36-13-20(26)27)24(34)30-22-14(2)9-16(12-29-35-5)10-17(22)23(33)28-4;1-3-2/h6-12,20H,3,13H2,1-2,4-5H3,(H,28,33)(H,30,34);3H2,1-2H3/b7-6-,18-8+,29-12+;. The first-order valence-electron chi connectivity index (χ1n) is 12.0. The first-order valence-corrected chi connectivity index (χ1v) is 12.4. The third-order valence-corrected chi connectivity index (χ3v) is 4.96. The van der Waals surface area contributed by atoms with Crippen molar-refractivity contribution in [2.45, 2.75) is 40.5 Å². The van der Waals surface area contributed by atoms with E-state index in [1.54, 1.807) is 32.1 Å². The molecule has 2 rings (SSSR count). The predicted molar refractivity (Wildman–Crippen MR) is 151 cm³/mol. The number of rotatable bonds is 11. The summed E-state index contributed by atoms with van der Waals surface area (Å²) in [6.07, 6.45) is 4.83. The van der Waals surface area contributed by atoms with E-state index in [-0.39, 0.29) is 33.6 Å². The first-order chi connectivity index (χ1) is 18.5. The number of amides is 2. The van der Waals surface area contributed by atoms with Gasteiger partial charge in [-0.1, -0.05) is 55.8 Å². The van der Waals surface area contributed by atoms with E-state index < -0.39 is 24.8 Å². The number of aryl methyl sites for hydroxylation is 1. The van der Waals surface area contributed by atoms with Gasteiger partial charge in [-0.15, -0.1) is 5.10 Å². The molecule has 2 aromatic rings. The Bertz CT molecular complexity index is 1240. The molecule has 1 aromatic carbocycles. The zero-order valence-corrected chi connectivity index (χ0v) is 23.6. The van der Waals surface area contributed by atoms with Gasteiger partial charge in [0.05, 0.1) is 28.2 Å². The van der Waals surface area contributed by atoms with Crippen LogP contribution in [0.2, 0.25) is 0 Å². The molecule has 0 aliphatic carbocycles.